The zero-order valence-corrected chi connectivity index (χ0v) is 12.3. The van der Waals surface area contributed by atoms with Gasteiger partial charge in [-0.2, -0.15) is 0 Å². The number of benzene rings is 1. The van der Waals surface area contributed by atoms with E-state index in [1.165, 1.54) is 0 Å². The van der Waals surface area contributed by atoms with Crippen LogP contribution in [0.15, 0.2) is 49.1 Å². The Labute approximate surface area is 128 Å². The van der Waals surface area contributed by atoms with Gasteiger partial charge in [-0.05, 0) is 43.2 Å². The van der Waals surface area contributed by atoms with Crippen molar-refractivity contribution >= 4 is 16.9 Å². The molecule has 0 aliphatic carbocycles. The van der Waals surface area contributed by atoms with Gasteiger partial charge in [-0.1, -0.05) is 0 Å². The van der Waals surface area contributed by atoms with Crippen molar-refractivity contribution in [2.45, 2.75) is 18.9 Å². The molecule has 1 fully saturated rings. The standard InChI is InChI=1S/C17H18N4O/c22-17(13-3-4-15-16(11-13)19-12-18-15)21-9-5-14(6-10-21)20-7-1-2-8-20/h1-4,7-8,11-12,14H,5-6,9-10H2,(H,18,19). The highest BCUT2D eigenvalue weighted by molar-refractivity contribution is 5.97. The van der Waals surface area contributed by atoms with E-state index in [0.717, 1.165) is 42.5 Å². The average molecular weight is 294 g/mol. The summed E-state index contributed by atoms with van der Waals surface area (Å²) in [5, 5.41) is 0. The van der Waals surface area contributed by atoms with Crippen LogP contribution in [0.25, 0.3) is 11.0 Å². The van der Waals surface area contributed by atoms with Crippen molar-refractivity contribution in [3.8, 4) is 0 Å². The van der Waals surface area contributed by atoms with E-state index >= 15 is 0 Å². The summed E-state index contributed by atoms with van der Waals surface area (Å²) in [7, 11) is 0. The third-order valence-electron chi connectivity index (χ3n) is 4.47. The minimum atomic E-state index is 0.113. The molecule has 0 bridgehead atoms. The summed E-state index contributed by atoms with van der Waals surface area (Å²) in [6.07, 6.45) is 7.88. The molecule has 1 aliphatic heterocycles. The molecule has 2 aromatic heterocycles. The first-order valence-corrected chi connectivity index (χ1v) is 7.66. The highest BCUT2D eigenvalue weighted by atomic mass is 16.2. The number of H-pyrrole nitrogens is 1. The number of aromatic amines is 1. The maximum absolute atomic E-state index is 12.6. The number of amides is 1. The number of carbonyl (C=O) groups is 1. The summed E-state index contributed by atoms with van der Waals surface area (Å²) in [5.74, 6) is 0.113. The summed E-state index contributed by atoms with van der Waals surface area (Å²) < 4.78 is 2.25. The molecule has 0 radical (unpaired) electrons. The van der Waals surface area contributed by atoms with Crippen LogP contribution in [-0.2, 0) is 0 Å². The molecule has 5 heteroatoms. The van der Waals surface area contributed by atoms with Gasteiger partial charge in [-0.25, -0.2) is 4.98 Å². The first-order chi connectivity index (χ1) is 10.8. The fraction of sp³-hybridized carbons (Fsp3) is 0.294. The van der Waals surface area contributed by atoms with Crippen LogP contribution in [0.3, 0.4) is 0 Å². The molecule has 1 aromatic carbocycles. The van der Waals surface area contributed by atoms with Crippen molar-refractivity contribution < 1.29 is 4.79 Å². The second-order valence-electron chi connectivity index (χ2n) is 5.79. The Balaban J connectivity index is 1.47. The summed E-state index contributed by atoms with van der Waals surface area (Å²) in [5.41, 5.74) is 2.53. The van der Waals surface area contributed by atoms with Crippen LogP contribution in [0.4, 0.5) is 0 Å². The van der Waals surface area contributed by atoms with Crippen molar-refractivity contribution in [1.82, 2.24) is 19.4 Å². The molecule has 1 amide bonds. The number of imidazole rings is 1. The Hall–Kier alpha value is -2.56. The molecule has 112 valence electrons. The molecule has 22 heavy (non-hydrogen) atoms. The van der Waals surface area contributed by atoms with Crippen molar-refractivity contribution in [2.75, 3.05) is 13.1 Å². The van der Waals surface area contributed by atoms with Crippen LogP contribution in [-0.4, -0.2) is 38.4 Å². The lowest BCUT2D eigenvalue weighted by atomic mass is 10.0. The fourth-order valence-corrected chi connectivity index (χ4v) is 3.21. The maximum Gasteiger partial charge on any atom is 0.253 e. The number of fused-ring (bicyclic) bond motifs is 1. The lowest BCUT2D eigenvalue weighted by molar-refractivity contribution is 0.0695. The largest absolute Gasteiger partial charge is 0.351 e. The quantitative estimate of drug-likeness (QED) is 0.790. The van der Waals surface area contributed by atoms with Gasteiger partial charge in [0.2, 0.25) is 0 Å². The Morgan fingerprint density at radius 1 is 1.18 bits per heavy atom. The smallest absolute Gasteiger partial charge is 0.253 e. The predicted molar refractivity (Wildman–Crippen MR) is 84.7 cm³/mol. The Morgan fingerprint density at radius 2 is 1.95 bits per heavy atom. The van der Waals surface area contributed by atoms with Crippen LogP contribution in [0, 0.1) is 0 Å². The molecule has 0 saturated carbocycles. The molecule has 3 aromatic rings. The van der Waals surface area contributed by atoms with E-state index in [2.05, 4.69) is 39.1 Å². The Kier molecular flexibility index (Phi) is 3.18. The molecule has 1 aliphatic rings. The molecule has 1 saturated heterocycles. The van der Waals surface area contributed by atoms with Crippen LogP contribution in [0.1, 0.15) is 29.2 Å². The summed E-state index contributed by atoms with van der Waals surface area (Å²) in [6, 6.07) is 10.3. The van der Waals surface area contributed by atoms with Gasteiger partial charge in [-0.3, -0.25) is 4.79 Å². The SMILES string of the molecule is O=C(c1ccc2nc[nH]c2c1)N1CCC(n2cccc2)CC1. The van der Waals surface area contributed by atoms with Gasteiger partial charge in [0.25, 0.3) is 5.91 Å². The lowest BCUT2D eigenvalue weighted by Gasteiger charge is -2.32. The van der Waals surface area contributed by atoms with Gasteiger partial charge < -0.3 is 14.5 Å². The van der Waals surface area contributed by atoms with Crippen LogP contribution in [0.5, 0.6) is 0 Å². The first kappa shape index (κ1) is 13.1. The minimum absolute atomic E-state index is 0.113. The van der Waals surface area contributed by atoms with E-state index in [9.17, 15) is 4.79 Å². The van der Waals surface area contributed by atoms with Crippen LogP contribution >= 0.6 is 0 Å². The maximum atomic E-state index is 12.6. The van der Waals surface area contributed by atoms with Crippen molar-refractivity contribution in [1.29, 1.82) is 0 Å². The molecular weight excluding hydrogens is 276 g/mol. The molecular formula is C17H18N4O. The van der Waals surface area contributed by atoms with Crippen LogP contribution < -0.4 is 0 Å². The zero-order chi connectivity index (χ0) is 14.9. The third-order valence-corrected chi connectivity index (χ3v) is 4.47. The number of hydrogen-bond donors (Lipinski definition) is 1. The fourth-order valence-electron chi connectivity index (χ4n) is 3.21. The van der Waals surface area contributed by atoms with Crippen LogP contribution in [0.2, 0.25) is 0 Å². The number of aromatic nitrogens is 3. The number of piperidine rings is 1. The Bertz CT molecular complexity index is 782. The highest BCUT2D eigenvalue weighted by Gasteiger charge is 2.24. The van der Waals surface area contributed by atoms with Crippen molar-refractivity contribution in [3.63, 3.8) is 0 Å². The zero-order valence-electron chi connectivity index (χ0n) is 12.3. The number of hydrogen-bond acceptors (Lipinski definition) is 2. The molecule has 1 N–H and O–H groups in total. The number of carbonyl (C=O) groups excluding carboxylic acids is 1. The topological polar surface area (TPSA) is 53.9 Å². The second-order valence-corrected chi connectivity index (χ2v) is 5.79. The lowest BCUT2D eigenvalue weighted by Crippen LogP contribution is -2.38. The first-order valence-electron chi connectivity index (χ1n) is 7.66. The van der Waals surface area contributed by atoms with E-state index < -0.39 is 0 Å². The molecule has 0 atom stereocenters. The highest BCUT2D eigenvalue weighted by Crippen LogP contribution is 2.24. The van der Waals surface area contributed by atoms with E-state index in [-0.39, 0.29) is 5.91 Å². The molecule has 0 spiro atoms. The summed E-state index contributed by atoms with van der Waals surface area (Å²) in [6.45, 7) is 1.62. The average Bonchev–Trinajstić information content (AvgIpc) is 3.25. The summed E-state index contributed by atoms with van der Waals surface area (Å²) >= 11 is 0. The molecule has 3 heterocycles. The van der Waals surface area contributed by atoms with Gasteiger partial charge in [0, 0.05) is 37.1 Å². The summed E-state index contributed by atoms with van der Waals surface area (Å²) in [4.78, 5) is 21.8. The van der Waals surface area contributed by atoms with E-state index in [1.807, 2.05) is 23.1 Å². The normalized spacial score (nSPS) is 16.3. The molecule has 4 rings (SSSR count). The van der Waals surface area contributed by atoms with Gasteiger partial charge in [0.1, 0.15) is 0 Å². The van der Waals surface area contributed by atoms with E-state index in [0.29, 0.717) is 6.04 Å². The monoisotopic (exact) mass is 294 g/mol. The Morgan fingerprint density at radius 3 is 2.73 bits per heavy atom. The van der Waals surface area contributed by atoms with Gasteiger partial charge in [0.15, 0.2) is 0 Å². The van der Waals surface area contributed by atoms with Gasteiger partial charge in [-0.15, -0.1) is 0 Å². The number of likely N-dealkylation sites (tertiary alicyclic amines) is 1. The number of nitrogens with one attached hydrogen (secondary N) is 1. The molecule has 0 unspecified atom stereocenters. The minimum Gasteiger partial charge on any atom is -0.351 e. The van der Waals surface area contributed by atoms with E-state index in [1.54, 1.807) is 6.33 Å². The number of nitrogens with zero attached hydrogens (tertiary/aromatic N) is 3. The van der Waals surface area contributed by atoms with E-state index in [4.69, 9.17) is 0 Å². The third kappa shape index (κ3) is 2.28. The van der Waals surface area contributed by atoms with Gasteiger partial charge in [0.05, 0.1) is 17.4 Å². The van der Waals surface area contributed by atoms with Gasteiger partial charge >= 0.3 is 0 Å². The second kappa shape index (κ2) is 5.33. The molecule has 5 nitrogen and oxygen atoms in total. The predicted octanol–water partition coefficient (Wildman–Crippen LogP) is 2.84. The number of rotatable bonds is 2. The van der Waals surface area contributed by atoms with Crippen molar-refractivity contribution in [2.24, 2.45) is 0 Å². The van der Waals surface area contributed by atoms with Crippen molar-refractivity contribution in [3.05, 3.63) is 54.6 Å².